The van der Waals surface area contributed by atoms with Crippen molar-refractivity contribution in [3.05, 3.63) is 104 Å². The molecular weight excluding hydrogens is 592 g/mol. The van der Waals surface area contributed by atoms with Crippen molar-refractivity contribution in [2.45, 2.75) is 12.6 Å². The summed E-state index contributed by atoms with van der Waals surface area (Å²) < 4.78 is 22.3. The molecule has 0 spiro atoms. The van der Waals surface area contributed by atoms with Crippen molar-refractivity contribution in [1.29, 1.82) is 0 Å². The highest BCUT2D eigenvalue weighted by atomic mass is 127. The number of hydrogen-bond acceptors (Lipinski definition) is 6. The van der Waals surface area contributed by atoms with Crippen LogP contribution in [-0.2, 0) is 16.0 Å². The molecule has 1 aliphatic heterocycles. The molecule has 1 saturated heterocycles. The molecule has 0 radical (unpaired) electrons. The Balaban J connectivity index is 1.49. The molecule has 2 heterocycles. The van der Waals surface area contributed by atoms with Crippen LogP contribution in [0.5, 0.6) is 0 Å². The van der Waals surface area contributed by atoms with Gasteiger partial charge < -0.3 is 15.4 Å². The van der Waals surface area contributed by atoms with Gasteiger partial charge in [-0.3, -0.25) is 14.9 Å². The summed E-state index contributed by atoms with van der Waals surface area (Å²) >= 11 is 2.22. The smallest absolute Gasteiger partial charge is 0.292 e. The Kier molecular flexibility index (Phi) is 6.89. The van der Waals surface area contributed by atoms with E-state index < -0.39 is 11.2 Å². The molecule has 37 heavy (non-hydrogen) atoms. The Morgan fingerprint density at radius 1 is 1.14 bits per heavy atom. The number of halogens is 2. The molecule has 1 atom stereocenters. The second-order valence-electron chi connectivity index (χ2n) is 8.51. The van der Waals surface area contributed by atoms with Crippen LogP contribution in [0, 0.1) is 19.5 Å². The molecule has 1 aromatic heterocycles. The van der Waals surface area contributed by atoms with Crippen molar-refractivity contribution in [2.24, 2.45) is 0 Å². The van der Waals surface area contributed by atoms with Crippen LogP contribution in [-0.4, -0.2) is 38.7 Å². The first-order valence-corrected chi connectivity index (χ1v) is 12.4. The molecule has 0 saturated carbocycles. The largest absolute Gasteiger partial charge is 0.393 e. The molecule has 0 bridgehead atoms. The van der Waals surface area contributed by atoms with Gasteiger partial charge in [0.2, 0.25) is 0 Å². The monoisotopic (exact) mass is 613 g/mol. The van der Waals surface area contributed by atoms with Crippen LogP contribution in [0.25, 0.3) is 16.9 Å². The van der Waals surface area contributed by atoms with Crippen molar-refractivity contribution in [3.63, 3.8) is 0 Å². The second kappa shape index (κ2) is 10.3. The average molecular weight is 613 g/mol. The topological polar surface area (TPSA) is 117 Å². The van der Waals surface area contributed by atoms with Gasteiger partial charge in [0.15, 0.2) is 6.23 Å². The van der Waals surface area contributed by atoms with Gasteiger partial charge in [0, 0.05) is 33.5 Å². The Morgan fingerprint density at radius 3 is 2.57 bits per heavy atom. The zero-order valence-electron chi connectivity index (χ0n) is 19.4. The standard InChI is InChI=1S/C26H21FIN5O4/c27-18-4-2-17(3-5-18)25-21(14-32(30-25)20-8-6-19(28)7-9-20)26-31(24(34)15-37-26)12-11-16-1-10-22(29)23(13-16)33(35)36/h1-10,13-14,26H,11-12,15,29H2. The van der Waals surface area contributed by atoms with Gasteiger partial charge in [-0.1, -0.05) is 6.07 Å². The van der Waals surface area contributed by atoms with Gasteiger partial charge in [0.1, 0.15) is 23.8 Å². The average Bonchev–Trinajstić information content (AvgIpc) is 3.48. The number of anilines is 1. The van der Waals surface area contributed by atoms with Crippen LogP contribution in [0.15, 0.2) is 72.9 Å². The number of carbonyl (C=O) groups excluding carboxylic acids is 1. The molecule has 188 valence electrons. The van der Waals surface area contributed by atoms with Gasteiger partial charge in [0.05, 0.1) is 10.6 Å². The predicted octanol–water partition coefficient (Wildman–Crippen LogP) is 4.87. The molecular formula is C26H21FIN5O4. The quantitative estimate of drug-likeness (QED) is 0.138. The lowest BCUT2D eigenvalue weighted by Gasteiger charge is -2.23. The first-order chi connectivity index (χ1) is 17.8. The normalized spacial score (nSPS) is 15.4. The fourth-order valence-corrected chi connectivity index (χ4v) is 4.59. The lowest BCUT2D eigenvalue weighted by Crippen LogP contribution is -2.30. The molecule has 2 N–H and O–H groups in total. The fraction of sp³-hybridized carbons (Fsp3) is 0.154. The zero-order chi connectivity index (χ0) is 26.1. The maximum absolute atomic E-state index is 13.6. The van der Waals surface area contributed by atoms with E-state index >= 15 is 0 Å². The molecule has 11 heteroatoms. The van der Waals surface area contributed by atoms with E-state index in [1.807, 2.05) is 30.5 Å². The van der Waals surface area contributed by atoms with Crippen molar-refractivity contribution in [1.82, 2.24) is 14.7 Å². The molecule has 1 amide bonds. The number of aromatic nitrogens is 2. The number of benzene rings is 3. The molecule has 1 fully saturated rings. The summed E-state index contributed by atoms with van der Waals surface area (Å²) in [6, 6.07) is 18.4. The van der Waals surface area contributed by atoms with Gasteiger partial charge in [-0.2, -0.15) is 5.10 Å². The van der Waals surface area contributed by atoms with E-state index in [0.29, 0.717) is 28.8 Å². The highest BCUT2D eigenvalue weighted by Gasteiger charge is 2.36. The van der Waals surface area contributed by atoms with Gasteiger partial charge in [0.25, 0.3) is 11.6 Å². The lowest BCUT2D eigenvalue weighted by atomic mass is 10.1. The third kappa shape index (κ3) is 5.18. The van der Waals surface area contributed by atoms with Crippen molar-refractivity contribution >= 4 is 39.9 Å². The fourth-order valence-electron chi connectivity index (χ4n) is 4.23. The van der Waals surface area contributed by atoms with E-state index in [-0.39, 0.29) is 36.3 Å². The summed E-state index contributed by atoms with van der Waals surface area (Å²) in [7, 11) is 0. The number of ether oxygens (including phenoxy) is 1. The van der Waals surface area contributed by atoms with E-state index in [2.05, 4.69) is 22.6 Å². The van der Waals surface area contributed by atoms with Gasteiger partial charge in [-0.05, 0) is 89.2 Å². The number of nitro benzene ring substituents is 1. The number of carbonyl (C=O) groups is 1. The zero-order valence-corrected chi connectivity index (χ0v) is 21.5. The second-order valence-corrected chi connectivity index (χ2v) is 9.76. The van der Waals surface area contributed by atoms with E-state index in [4.69, 9.17) is 15.6 Å². The summed E-state index contributed by atoms with van der Waals surface area (Å²) in [6.45, 7) is 0.159. The number of hydrogen-bond donors (Lipinski definition) is 1. The maximum Gasteiger partial charge on any atom is 0.292 e. The maximum atomic E-state index is 13.6. The molecule has 4 aromatic rings. The van der Waals surface area contributed by atoms with Crippen LogP contribution in [0.4, 0.5) is 15.8 Å². The van der Waals surface area contributed by atoms with E-state index in [1.165, 1.54) is 24.3 Å². The lowest BCUT2D eigenvalue weighted by molar-refractivity contribution is -0.384. The number of rotatable bonds is 7. The third-order valence-corrected chi connectivity index (χ3v) is 6.84. The Morgan fingerprint density at radius 2 is 1.86 bits per heavy atom. The minimum Gasteiger partial charge on any atom is -0.393 e. The van der Waals surface area contributed by atoms with Gasteiger partial charge >= 0.3 is 0 Å². The summed E-state index contributed by atoms with van der Waals surface area (Å²) in [5.74, 6) is -0.573. The van der Waals surface area contributed by atoms with Crippen LogP contribution >= 0.6 is 22.6 Å². The van der Waals surface area contributed by atoms with Crippen molar-refractivity contribution in [2.75, 3.05) is 18.9 Å². The Bertz CT molecular complexity index is 1470. The highest BCUT2D eigenvalue weighted by Crippen LogP contribution is 2.35. The summed E-state index contributed by atoms with van der Waals surface area (Å²) in [5, 5.41) is 16.0. The van der Waals surface area contributed by atoms with Crippen LogP contribution < -0.4 is 5.73 Å². The first-order valence-electron chi connectivity index (χ1n) is 11.4. The van der Waals surface area contributed by atoms with E-state index in [1.54, 1.807) is 27.8 Å². The van der Waals surface area contributed by atoms with Crippen molar-refractivity contribution in [3.8, 4) is 16.9 Å². The molecule has 1 unspecified atom stereocenters. The minimum atomic E-state index is -0.728. The van der Waals surface area contributed by atoms with Crippen LogP contribution in [0.3, 0.4) is 0 Å². The predicted molar refractivity (Wildman–Crippen MR) is 143 cm³/mol. The summed E-state index contributed by atoms with van der Waals surface area (Å²) in [4.78, 5) is 25.1. The number of nitro groups is 1. The molecule has 3 aromatic carbocycles. The molecule has 9 nitrogen and oxygen atoms in total. The van der Waals surface area contributed by atoms with Gasteiger partial charge in [-0.15, -0.1) is 0 Å². The van der Waals surface area contributed by atoms with E-state index in [0.717, 1.165) is 9.26 Å². The number of nitrogens with two attached hydrogens (primary N) is 1. The Hall–Kier alpha value is -3.84. The molecule has 5 rings (SSSR count). The first kappa shape index (κ1) is 24.8. The Labute approximate surface area is 224 Å². The molecule has 0 aliphatic carbocycles. The third-order valence-electron chi connectivity index (χ3n) is 6.12. The molecule has 1 aliphatic rings. The number of amides is 1. The number of nitrogen functional groups attached to an aromatic ring is 1. The summed E-state index contributed by atoms with van der Waals surface area (Å²) in [6.07, 6.45) is 1.45. The summed E-state index contributed by atoms with van der Waals surface area (Å²) in [5.41, 5.74) is 9.01. The highest BCUT2D eigenvalue weighted by molar-refractivity contribution is 14.1. The van der Waals surface area contributed by atoms with Crippen LogP contribution in [0.1, 0.15) is 17.4 Å². The van der Waals surface area contributed by atoms with E-state index in [9.17, 15) is 19.3 Å². The van der Waals surface area contributed by atoms with Gasteiger partial charge in [-0.25, -0.2) is 9.07 Å². The van der Waals surface area contributed by atoms with Crippen LogP contribution in [0.2, 0.25) is 0 Å². The van der Waals surface area contributed by atoms with Crippen molar-refractivity contribution < 1.29 is 18.8 Å². The number of nitrogens with zero attached hydrogens (tertiary/aromatic N) is 4. The SMILES string of the molecule is Nc1ccc(CCN2C(=O)COC2c2cn(-c3ccc(I)cc3)nc2-c2ccc(F)cc2)cc1[N+](=O)[O-]. The minimum absolute atomic E-state index is 0.0826.